The molecule has 2 saturated heterocycles. The van der Waals surface area contributed by atoms with Crippen molar-refractivity contribution < 1.29 is 9.84 Å². The predicted molar refractivity (Wildman–Crippen MR) is 93.2 cm³/mol. The molecule has 2 heterocycles. The van der Waals surface area contributed by atoms with E-state index >= 15 is 0 Å². The molecule has 1 N–H and O–H groups in total. The molecular weight excluding hydrogens is 288 g/mol. The van der Waals surface area contributed by atoms with Crippen molar-refractivity contribution in [2.45, 2.75) is 0 Å². The summed E-state index contributed by atoms with van der Waals surface area (Å²) < 4.78 is 5.42. The van der Waals surface area contributed by atoms with Gasteiger partial charge in [0, 0.05) is 45.9 Å². The fraction of sp³-hybridized carbons (Fsp3) is 0.579. The molecule has 0 saturated carbocycles. The molecule has 0 unspecified atom stereocenters. The van der Waals surface area contributed by atoms with E-state index in [9.17, 15) is 5.11 Å². The minimum atomic E-state index is 0.300. The van der Waals surface area contributed by atoms with Crippen LogP contribution in [0.15, 0.2) is 36.4 Å². The molecule has 2 aliphatic rings. The Hall–Kier alpha value is -1.20. The third-order valence-electron chi connectivity index (χ3n) is 4.96. The highest BCUT2D eigenvalue weighted by Crippen LogP contribution is 2.24. The molecule has 0 aromatic heterocycles. The zero-order valence-electron chi connectivity index (χ0n) is 13.8. The lowest BCUT2D eigenvalue weighted by Crippen LogP contribution is -2.41. The Morgan fingerprint density at radius 3 is 2.52 bits per heavy atom. The molecule has 4 heteroatoms. The number of hydrogen-bond acceptors (Lipinski definition) is 4. The van der Waals surface area contributed by atoms with Crippen LogP contribution in [0.1, 0.15) is 5.56 Å². The summed E-state index contributed by atoms with van der Waals surface area (Å²) in [7, 11) is 0. The number of likely N-dealkylation sites (tertiary alicyclic amines) is 1. The number of morpholine rings is 1. The van der Waals surface area contributed by atoms with Crippen molar-refractivity contribution in [2.24, 2.45) is 11.8 Å². The molecule has 0 amide bonds. The second kappa shape index (κ2) is 8.60. The molecule has 0 aliphatic carbocycles. The van der Waals surface area contributed by atoms with E-state index in [1.807, 2.05) is 6.07 Å². The second-order valence-corrected chi connectivity index (χ2v) is 6.65. The van der Waals surface area contributed by atoms with Crippen LogP contribution in [0.4, 0.5) is 0 Å². The van der Waals surface area contributed by atoms with Gasteiger partial charge < -0.3 is 9.84 Å². The van der Waals surface area contributed by atoms with Crippen molar-refractivity contribution in [2.75, 3.05) is 59.1 Å². The van der Waals surface area contributed by atoms with E-state index in [1.165, 1.54) is 5.56 Å². The Labute approximate surface area is 139 Å². The van der Waals surface area contributed by atoms with E-state index in [0.717, 1.165) is 52.5 Å². The molecule has 0 radical (unpaired) electrons. The van der Waals surface area contributed by atoms with Crippen LogP contribution in [0.2, 0.25) is 0 Å². The molecule has 2 atom stereocenters. The molecule has 1 aromatic rings. The smallest absolute Gasteiger partial charge is 0.0594 e. The van der Waals surface area contributed by atoms with E-state index < -0.39 is 0 Å². The summed E-state index contributed by atoms with van der Waals surface area (Å²) in [5, 5.41) is 9.70. The minimum absolute atomic E-state index is 0.300. The lowest BCUT2D eigenvalue weighted by molar-refractivity contribution is 0.0265. The first-order valence-corrected chi connectivity index (χ1v) is 8.70. The van der Waals surface area contributed by atoms with Crippen molar-refractivity contribution in [1.82, 2.24) is 9.80 Å². The van der Waals surface area contributed by atoms with Gasteiger partial charge in [-0.15, -0.1) is 0 Å². The first-order chi connectivity index (χ1) is 11.3. The summed E-state index contributed by atoms with van der Waals surface area (Å²) >= 11 is 0. The van der Waals surface area contributed by atoms with Gasteiger partial charge in [0.2, 0.25) is 0 Å². The quantitative estimate of drug-likeness (QED) is 0.864. The molecule has 23 heavy (non-hydrogen) atoms. The highest BCUT2D eigenvalue weighted by Gasteiger charge is 2.33. The van der Waals surface area contributed by atoms with Gasteiger partial charge in [-0.1, -0.05) is 42.5 Å². The van der Waals surface area contributed by atoms with Crippen molar-refractivity contribution >= 4 is 6.08 Å². The van der Waals surface area contributed by atoms with E-state index in [1.54, 1.807) is 0 Å². The Bertz CT molecular complexity index is 485. The van der Waals surface area contributed by atoms with Gasteiger partial charge in [0.15, 0.2) is 0 Å². The van der Waals surface area contributed by atoms with Crippen LogP contribution in [0.5, 0.6) is 0 Å². The number of hydrogen-bond donors (Lipinski definition) is 1. The molecule has 1 aromatic carbocycles. The first-order valence-electron chi connectivity index (χ1n) is 8.70. The van der Waals surface area contributed by atoms with Crippen LogP contribution < -0.4 is 0 Å². The average Bonchev–Trinajstić information content (AvgIpc) is 2.98. The van der Waals surface area contributed by atoms with Gasteiger partial charge in [-0.2, -0.15) is 0 Å². The number of aliphatic hydroxyl groups excluding tert-OH is 1. The topological polar surface area (TPSA) is 35.9 Å². The van der Waals surface area contributed by atoms with Crippen molar-refractivity contribution in [3.63, 3.8) is 0 Å². The second-order valence-electron chi connectivity index (χ2n) is 6.65. The zero-order valence-corrected chi connectivity index (χ0v) is 13.8. The number of benzene rings is 1. The summed E-state index contributed by atoms with van der Waals surface area (Å²) in [6, 6.07) is 10.4. The summed E-state index contributed by atoms with van der Waals surface area (Å²) in [5.74, 6) is 0.978. The fourth-order valence-electron chi connectivity index (χ4n) is 3.62. The largest absolute Gasteiger partial charge is 0.396 e. The summed E-state index contributed by atoms with van der Waals surface area (Å²) in [5.41, 5.74) is 1.25. The van der Waals surface area contributed by atoms with Crippen molar-refractivity contribution in [3.8, 4) is 0 Å². The molecule has 0 spiro atoms. The summed E-state index contributed by atoms with van der Waals surface area (Å²) in [6.07, 6.45) is 4.42. The zero-order chi connectivity index (χ0) is 15.9. The van der Waals surface area contributed by atoms with Gasteiger partial charge >= 0.3 is 0 Å². The van der Waals surface area contributed by atoms with Crippen LogP contribution in [0.25, 0.3) is 6.08 Å². The van der Waals surface area contributed by atoms with Gasteiger partial charge in [-0.05, 0) is 17.4 Å². The van der Waals surface area contributed by atoms with Gasteiger partial charge in [0.25, 0.3) is 0 Å². The van der Waals surface area contributed by atoms with Crippen LogP contribution in [-0.4, -0.2) is 74.0 Å². The standard InChI is InChI=1S/C19H28N2O2/c22-16-19-15-21(8-4-7-17-5-2-1-3-6-17)14-18(19)13-20-9-11-23-12-10-20/h1-7,18-19,22H,8-16H2/b7-4+/t18-,19-/m0/s1. The maximum Gasteiger partial charge on any atom is 0.0594 e. The molecule has 2 aliphatic heterocycles. The average molecular weight is 316 g/mol. The van der Waals surface area contributed by atoms with E-state index in [-0.39, 0.29) is 0 Å². The Kier molecular flexibility index (Phi) is 6.22. The Morgan fingerprint density at radius 2 is 1.78 bits per heavy atom. The van der Waals surface area contributed by atoms with Gasteiger partial charge in [0.05, 0.1) is 13.2 Å². The lowest BCUT2D eigenvalue weighted by atomic mass is 9.96. The maximum absolute atomic E-state index is 9.70. The van der Waals surface area contributed by atoms with E-state index in [4.69, 9.17) is 4.74 Å². The molecule has 0 bridgehead atoms. The van der Waals surface area contributed by atoms with Crippen LogP contribution in [-0.2, 0) is 4.74 Å². The minimum Gasteiger partial charge on any atom is -0.396 e. The van der Waals surface area contributed by atoms with E-state index in [2.05, 4.69) is 46.2 Å². The maximum atomic E-state index is 9.70. The van der Waals surface area contributed by atoms with Crippen LogP contribution in [0.3, 0.4) is 0 Å². The molecular formula is C19H28N2O2. The third-order valence-corrected chi connectivity index (χ3v) is 4.96. The monoisotopic (exact) mass is 316 g/mol. The highest BCUT2D eigenvalue weighted by molar-refractivity contribution is 5.48. The molecule has 4 nitrogen and oxygen atoms in total. The summed E-state index contributed by atoms with van der Waals surface area (Å²) in [4.78, 5) is 4.95. The third kappa shape index (κ3) is 4.88. The SMILES string of the molecule is OC[C@@H]1CN(C/C=C/c2ccccc2)C[C@@H]1CN1CCOCC1. The molecule has 2 fully saturated rings. The highest BCUT2D eigenvalue weighted by atomic mass is 16.5. The van der Waals surface area contributed by atoms with E-state index in [0.29, 0.717) is 18.4 Å². The van der Waals surface area contributed by atoms with Gasteiger partial charge in [-0.25, -0.2) is 0 Å². The number of aliphatic hydroxyl groups is 1. The number of rotatable bonds is 6. The molecule has 126 valence electrons. The fourth-order valence-corrected chi connectivity index (χ4v) is 3.62. The number of ether oxygens (including phenoxy) is 1. The Balaban J connectivity index is 1.48. The molecule has 3 rings (SSSR count). The normalized spacial score (nSPS) is 27.0. The number of nitrogens with zero attached hydrogens (tertiary/aromatic N) is 2. The van der Waals surface area contributed by atoms with Gasteiger partial charge in [0.1, 0.15) is 0 Å². The lowest BCUT2D eigenvalue weighted by Gasteiger charge is -2.30. The first kappa shape index (κ1) is 16.7. The van der Waals surface area contributed by atoms with Crippen molar-refractivity contribution in [1.29, 1.82) is 0 Å². The van der Waals surface area contributed by atoms with Crippen LogP contribution in [0, 0.1) is 11.8 Å². The van der Waals surface area contributed by atoms with Crippen molar-refractivity contribution in [3.05, 3.63) is 42.0 Å². The van der Waals surface area contributed by atoms with Gasteiger partial charge in [-0.3, -0.25) is 9.80 Å². The predicted octanol–water partition coefficient (Wildman–Crippen LogP) is 1.57. The summed E-state index contributed by atoms with van der Waals surface area (Å²) in [6.45, 7) is 8.20. The Morgan fingerprint density at radius 1 is 1.04 bits per heavy atom. The van der Waals surface area contributed by atoms with Crippen LogP contribution >= 0.6 is 0 Å².